The molecule has 1 amide bonds. The molecule has 1 heterocycles. The van der Waals surface area contributed by atoms with Gasteiger partial charge in [0.25, 0.3) is 0 Å². The zero-order valence-electron chi connectivity index (χ0n) is 12.0. The van der Waals surface area contributed by atoms with E-state index >= 15 is 0 Å². The summed E-state index contributed by atoms with van der Waals surface area (Å²) in [6, 6.07) is 3.60. The van der Waals surface area contributed by atoms with Gasteiger partial charge in [-0.1, -0.05) is 6.07 Å². The first-order chi connectivity index (χ1) is 8.78. The molecule has 1 aliphatic rings. The van der Waals surface area contributed by atoms with Gasteiger partial charge in [0.15, 0.2) is 0 Å². The second-order valence-electron chi connectivity index (χ2n) is 6.01. The fraction of sp³-hybridized carbons (Fsp3) is 0.533. The minimum Gasteiger partial charge on any atom is -0.508 e. The highest BCUT2D eigenvalue weighted by Crippen LogP contribution is 2.30. The number of benzene rings is 1. The third-order valence-electron chi connectivity index (χ3n) is 3.27. The van der Waals surface area contributed by atoms with Crippen molar-refractivity contribution in [3.63, 3.8) is 0 Å². The van der Waals surface area contributed by atoms with Gasteiger partial charge in [-0.2, -0.15) is 0 Å². The number of hydrogen-bond acceptors (Lipinski definition) is 3. The Morgan fingerprint density at radius 1 is 1.32 bits per heavy atom. The molecule has 0 saturated carbocycles. The van der Waals surface area contributed by atoms with E-state index in [0.717, 1.165) is 16.7 Å². The largest absolute Gasteiger partial charge is 0.508 e. The molecule has 19 heavy (non-hydrogen) atoms. The predicted octanol–water partition coefficient (Wildman–Crippen LogP) is 2.99. The molecule has 0 saturated heterocycles. The van der Waals surface area contributed by atoms with Gasteiger partial charge in [0.1, 0.15) is 11.4 Å². The van der Waals surface area contributed by atoms with E-state index in [2.05, 4.69) is 0 Å². The van der Waals surface area contributed by atoms with Gasteiger partial charge in [0.05, 0.1) is 0 Å². The average molecular weight is 263 g/mol. The molecule has 4 nitrogen and oxygen atoms in total. The minimum atomic E-state index is -0.481. The number of aryl methyl sites for hydroxylation is 1. The van der Waals surface area contributed by atoms with Crippen LogP contribution in [0, 0.1) is 6.92 Å². The summed E-state index contributed by atoms with van der Waals surface area (Å²) in [5.74, 6) is 0.324. The quantitative estimate of drug-likeness (QED) is 0.782. The Hall–Kier alpha value is -1.71. The molecule has 104 valence electrons. The monoisotopic (exact) mass is 263 g/mol. The first-order valence-corrected chi connectivity index (χ1v) is 6.56. The standard InChI is InChI=1S/C15H21NO3/c1-10-5-6-13(17)11-7-8-16(9-12(10)11)14(18)19-15(2,3)4/h5-6,17H,7-9H2,1-4H3. The molecule has 0 unspecified atom stereocenters. The topological polar surface area (TPSA) is 49.8 Å². The summed E-state index contributed by atoms with van der Waals surface area (Å²) in [4.78, 5) is 13.8. The third-order valence-corrected chi connectivity index (χ3v) is 3.27. The molecule has 0 fully saturated rings. The Labute approximate surface area is 114 Å². The zero-order valence-corrected chi connectivity index (χ0v) is 12.0. The predicted molar refractivity (Wildman–Crippen MR) is 73.2 cm³/mol. The molecule has 0 aromatic heterocycles. The molecule has 0 atom stereocenters. The van der Waals surface area contributed by atoms with Crippen LogP contribution in [0.1, 0.15) is 37.5 Å². The fourth-order valence-electron chi connectivity index (χ4n) is 2.30. The van der Waals surface area contributed by atoms with Crippen LogP contribution >= 0.6 is 0 Å². The van der Waals surface area contributed by atoms with Crippen LogP contribution in [-0.2, 0) is 17.7 Å². The molecule has 0 spiro atoms. The van der Waals surface area contributed by atoms with E-state index in [-0.39, 0.29) is 6.09 Å². The van der Waals surface area contributed by atoms with E-state index in [4.69, 9.17) is 4.74 Å². The summed E-state index contributed by atoms with van der Waals surface area (Å²) in [6.45, 7) is 8.67. The Kier molecular flexibility index (Phi) is 3.43. The van der Waals surface area contributed by atoms with Crippen LogP contribution < -0.4 is 0 Å². The number of carbonyl (C=O) groups excluding carboxylic acids is 1. The van der Waals surface area contributed by atoms with Crippen LogP contribution in [0.3, 0.4) is 0 Å². The number of hydrogen-bond donors (Lipinski definition) is 1. The summed E-state index contributed by atoms with van der Waals surface area (Å²) >= 11 is 0. The van der Waals surface area contributed by atoms with Gasteiger partial charge >= 0.3 is 6.09 Å². The lowest BCUT2D eigenvalue weighted by molar-refractivity contribution is 0.0222. The van der Waals surface area contributed by atoms with E-state index in [0.29, 0.717) is 25.3 Å². The number of phenolic OH excluding ortho intramolecular Hbond substituents is 1. The summed E-state index contributed by atoms with van der Waals surface area (Å²) in [5, 5.41) is 9.86. The van der Waals surface area contributed by atoms with Gasteiger partial charge in [0.2, 0.25) is 0 Å². The van der Waals surface area contributed by atoms with Gasteiger partial charge in [-0.05, 0) is 51.3 Å². The lowest BCUT2D eigenvalue weighted by atomic mass is 9.95. The molecule has 4 heteroatoms. The van der Waals surface area contributed by atoms with Gasteiger partial charge in [0, 0.05) is 18.7 Å². The van der Waals surface area contributed by atoms with Crippen molar-refractivity contribution in [2.24, 2.45) is 0 Å². The Bertz CT molecular complexity index is 503. The maximum atomic E-state index is 12.1. The number of phenols is 1. The van der Waals surface area contributed by atoms with E-state index in [1.807, 2.05) is 33.8 Å². The van der Waals surface area contributed by atoms with Crippen molar-refractivity contribution in [3.05, 3.63) is 28.8 Å². The summed E-state index contributed by atoms with van der Waals surface area (Å²) in [7, 11) is 0. The molecular formula is C15H21NO3. The van der Waals surface area contributed by atoms with Crippen molar-refractivity contribution in [2.75, 3.05) is 6.54 Å². The van der Waals surface area contributed by atoms with Crippen LogP contribution in [0.4, 0.5) is 4.79 Å². The highest BCUT2D eigenvalue weighted by molar-refractivity contribution is 5.69. The summed E-state index contributed by atoms with van der Waals surface area (Å²) < 4.78 is 5.39. The lowest BCUT2D eigenvalue weighted by Crippen LogP contribution is -2.40. The molecule has 1 N–H and O–H groups in total. The normalized spacial score (nSPS) is 15.1. The molecule has 0 radical (unpaired) electrons. The zero-order chi connectivity index (χ0) is 14.2. The summed E-state index contributed by atoms with van der Waals surface area (Å²) in [6.07, 6.45) is 0.378. The highest BCUT2D eigenvalue weighted by atomic mass is 16.6. The molecule has 1 aliphatic heterocycles. The number of ether oxygens (including phenoxy) is 1. The summed E-state index contributed by atoms with van der Waals surface area (Å²) in [5.41, 5.74) is 2.61. The SMILES string of the molecule is Cc1ccc(O)c2c1CN(C(=O)OC(C)(C)C)CC2. The van der Waals surface area contributed by atoms with E-state index in [9.17, 15) is 9.90 Å². The lowest BCUT2D eigenvalue weighted by Gasteiger charge is -2.32. The van der Waals surface area contributed by atoms with Crippen molar-refractivity contribution in [2.45, 2.75) is 46.3 Å². The molecule has 0 aliphatic carbocycles. The first-order valence-electron chi connectivity index (χ1n) is 6.56. The Morgan fingerprint density at radius 3 is 2.63 bits per heavy atom. The Morgan fingerprint density at radius 2 is 2.00 bits per heavy atom. The van der Waals surface area contributed by atoms with Crippen LogP contribution in [0.2, 0.25) is 0 Å². The van der Waals surface area contributed by atoms with E-state index < -0.39 is 5.60 Å². The second kappa shape index (κ2) is 4.76. The maximum Gasteiger partial charge on any atom is 0.410 e. The maximum absolute atomic E-state index is 12.1. The molecule has 0 bridgehead atoms. The molecule has 2 rings (SSSR count). The van der Waals surface area contributed by atoms with Crippen LogP contribution in [0.15, 0.2) is 12.1 Å². The second-order valence-corrected chi connectivity index (χ2v) is 6.01. The first kappa shape index (κ1) is 13.7. The van der Waals surface area contributed by atoms with Gasteiger partial charge in [-0.15, -0.1) is 0 Å². The van der Waals surface area contributed by atoms with Crippen molar-refractivity contribution in [1.29, 1.82) is 0 Å². The van der Waals surface area contributed by atoms with Crippen LogP contribution in [-0.4, -0.2) is 28.2 Å². The average Bonchev–Trinajstić information content (AvgIpc) is 2.31. The number of aromatic hydroxyl groups is 1. The molecular weight excluding hydrogens is 242 g/mol. The van der Waals surface area contributed by atoms with E-state index in [1.165, 1.54) is 0 Å². The van der Waals surface area contributed by atoms with Crippen LogP contribution in [0.25, 0.3) is 0 Å². The number of rotatable bonds is 0. The molecule has 1 aromatic rings. The Balaban J connectivity index is 2.18. The van der Waals surface area contributed by atoms with E-state index in [1.54, 1.807) is 11.0 Å². The van der Waals surface area contributed by atoms with Crippen molar-refractivity contribution >= 4 is 6.09 Å². The van der Waals surface area contributed by atoms with Gasteiger partial charge in [-0.25, -0.2) is 4.79 Å². The fourth-order valence-corrected chi connectivity index (χ4v) is 2.30. The third kappa shape index (κ3) is 3.00. The number of fused-ring (bicyclic) bond motifs is 1. The van der Waals surface area contributed by atoms with Crippen molar-refractivity contribution < 1.29 is 14.6 Å². The van der Waals surface area contributed by atoms with Crippen LogP contribution in [0.5, 0.6) is 5.75 Å². The highest BCUT2D eigenvalue weighted by Gasteiger charge is 2.27. The molecule has 1 aromatic carbocycles. The van der Waals surface area contributed by atoms with Gasteiger partial charge < -0.3 is 14.7 Å². The number of nitrogens with zero attached hydrogens (tertiary/aromatic N) is 1. The van der Waals surface area contributed by atoms with Crippen molar-refractivity contribution in [3.8, 4) is 5.75 Å². The minimum absolute atomic E-state index is 0.291. The smallest absolute Gasteiger partial charge is 0.410 e. The van der Waals surface area contributed by atoms with Gasteiger partial charge in [-0.3, -0.25) is 0 Å². The number of carbonyl (C=O) groups is 1. The van der Waals surface area contributed by atoms with Crippen molar-refractivity contribution in [1.82, 2.24) is 4.90 Å². The number of amides is 1.